The number of phenolic OH excluding ortho intramolecular Hbond substituents is 2. The van der Waals surface area contributed by atoms with E-state index in [4.69, 9.17) is 28.1 Å². The summed E-state index contributed by atoms with van der Waals surface area (Å²) in [6, 6.07) is 5.83. The number of aliphatic hydroxyl groups excluding tert-OH is 8. The minimum Gasteiger partial charge on any atom is -0.508 e. The molecule has 0 spiro atoms. The Kier molecular flexibility index (Phi) is 9.38. The summed E-state index contributed by atoms with van der Waals surface area (Å²) in [6.45, 7) is -1.47. The zero-order valence-electron chi connectivity index (χ0n) is 23.4. The Morgan fingerprint density at radius 2 is 1.31 bits per heavy atom. The van der Waals surface area contributed by atoms with Crippen LogP contribution in [0, 0.1) is 0 Å². The highest BCUT2D eigenvalue weighted by atomic mass is 16.7. The Morgan fingerprint density at radius 1 is 0.733 bits per heavy atom. The zero-order valence-corrected chi connectivity index (χ0v) is 23.4. The average molecular weight is 641 g/mol. The molecule has 0 bridgehead atoms. The van der Waals surface area contributed by atoms with Crippen LogP contribution in [0.1, 0.15) is 0 Å². The maximum atomic E-state index is 13.7. The number of aromatic hydroxyl groups is 2. The predicted molar refractivity (Wildman–Crippen MR) is 147 cm³/mol. The van der Waals surface area contributed by atoms with E-state index in [1.165, 1.54) is 25.3 Å². The highest BCUT2D eigenvalue weighted by molar-refractivity contribution is 5.88. The predicted octanol–water partition coefficient (Wildman–Crippen LogP) is -2.76. The maximum Gasteiger partial charge on any atom is 0.239 e. The van der Waals surface area contributed by atoms with Gasteiger partial charge in [0.05, 0.1) is 20.3 Å². The third-order valence-corrected chi connectivity index (χ3v) is 7.52. The van der Waals surface area contributed by atoms with Gasteiger partial charge in [-0.25, -0.2) is 0 Å². The minimum atomic E-state index is -1.91. The van der Waals surface area contributed by atoms with Crippen molar-refractivity contribution in [3.05, 3.63) is 40.6 Å². The fourth-order valence-electron chi connectivity index (χ4n) is 5.04. The molecule has 2 saturated heterocycles. The van der Waals surface area contributed by atoms with Crippen LogP contribution in [0.2, 0.25) is 0 Å². The summed E-state index contributed by atoms with van der Waals surface area (Å²) in [4.78, 5) is 13.7. The highest BCUT2D eigenvalue weighted by Crippen LogP contribution is 2.40. The largest absolute Gasteiger partial charge is 0.508 e. The summed E-state index contributed by atoms with van der Waals surface area (Å²) in [7, 11) is 1.25. The van der Waals surface area contributed by atoms with Crippen LogP contribution in [0.4, 0.5) is 0 Å². The summed E-state index contributed by atoms with van der Waals surface area (Å²) in [5.74, 6) is -2.25. The summed E-state index contributed by atoms with van der Waals surface area (Å²) in [5.41, 5.74) is -1.23. The summed E-state index contributed by atoms with van der Waals surface area (Å²) < 4.78 is 33.4. The summed E-state index contributed by atoms with van der Waals surface area (Å²) in [6.07, 6.45) is -16.6. The molecule has 17 nitrogen and oxygen atoms in total. The monoisotopic (exact) mass is 640 g/mol. The number of methoxy groups -OCH3 is 1. The number of aliphatic hydroxyl groups is 8. The lowest BCUT2D eigenvalue weighted by Crippen LogP contribution is -2.60. The first kappa shape index (κ1) is 32.6. The second kappa shape index (κ2) is 12.9. The third-order valence-electron chi connectivity index (χ3n) is 7.52. The maximum absolute atomic E-state index is 13.7. The first-order valence-corrected chi connectivity index (χ1v) is 13.6. The molecule has 2 aliphatic rings. The first-order valence-electron chi connectivity index (χ1n) is 13.6. The van der Waals surface area contributed by atoms with Gasteiger partial charge in [0, 0.05) is 17.7 Å². The van der Waals surface area contributed by atoms with Gasteiger partial charge in [-0.2, -0.15) is 0 Å². The molecule has 0 amide bonds. The van der Waals surface area contributed by atoms with E-state index >= 15 is 0 Å². The number of hydrogen-bond donors (Lipinski definition) is 10. The number of fused-ring (bicyclic) bond motifs is 1. The molecular formula is C28H32O17. The Labute approximate surface area is 252 Å². The number of benzene rings is 2. The van der Waals surface area contributed by atoms with Gasteiger partial charge >= 0.3 is 0 Å². The third kappa shape index (κ3) is 5.98. The van der Waals surface area contributed by atoms with Crippen LogP contribution in [-0.2, 0) is 9.47 Å². The molecule has 0 saturated carbocycles. The van der Waals surface area contributed by atoms with Crippen molar-refractivity contribution >= 4 is 11.0 Å². The van der Waals surface area contributed by atoms with Crippen LogP contribution in [0.25, 0.3) is 22.3 Å². The molecule has 246 valence electrons. The normalized spacial score (nSPS) is 31.9. The van der Waals surface area contributed by atoms with Crippen molar-refractivity contribution < 1.29 is 79.2 Å². The summed E-state index contributed by atoms with van der Waals surface area (Å²) in [5, 5.41) is 100. The van der Waals surface area contributed by atoms with E-state index in [2.05, 4.69) is 0 Å². The fraction of sp³-hybridized carbons (Fsp3) is 0.464. The van der Waals surface area contributed by atoms with E-state index in [9.17, 15) is 55.9 Å². The van der Waals surface area contributed by atoms with Crippen LogP contribution >= 0.6 is 0 Å². The number of ether oxygens (including phenoxy) is 5. The molecule has 5 rings (SSSR count). The van der Waals surface area contributed by atoms with Crippen molar-refractivity contribution in [2.75, 3.05) is 20.3 Å². The minimum absolute atomic E-state index is 0.0504. The number of rotatable bonds is 8. The lowest BCUT2D eigenvalue weighted by molar-refractivity contribution is -0.277. The van der Waals surface area contributed by atoms with Gasteiger partial charge in [0.2, 0.25) is 23.8 Å². The van der Waals surface area contributed by atoms with Crippen LogP contribution in [0.3, 0.4) is 0 Å². The highest BCUT2D eigenvalue weighted by Gasteiger charge is 2.46. The molecule has 2 aromatic carbocycles. The second-order valence-corrected chi connectivity index (χ2v) is 10.4. The number of hydrogen-bond acceptors (Lipinski definition) is 17. The molecule has 0 radical (unpaired) electrons. The molecule has 1 aromatic heterocycles. The molecule has 0 unspecified atom stereocenters. The quantitative estimate of drug-likeness (QED) is 0.119. The van der Waals surface area contributed by atoms with Gasteiger partial charge in [0.15, 0.2) is 17.3 Å². The van der Waals surface area contributed by atoms with Gasteiger partial charge in [0.1, 0.15) is 71.3 Å². The van der Waals surface area contributed by atoms with E-state index in [1.54, 1.807) is 0 Å². The molecule has 3 heterocycles. The second-order valence-electron chi connectivity index (χ2n) is 10.4. The molecular weight excluding hydrogens is 608 g/mol. The van der Waals surface area contributed by atoms with Gasteiger partial charge in [-0.1, -0.05) is 0 Å². The van der Waals surface area contributed by atoms with Gasteiger partial charge in [-0.3, -0.25) is 4.79 Å². The first-order chi connectivity index (χ1) is 21.4. The summed E-state index contributed by atoms with van der Waals surface area (Å²) >= 11 is 0. The molecule has 0 aliphatic carbocycles. The van der Waals surface area contributed by atoms with E-state index in [1.807, 2.05) is 0 Å². The number of phenols is 2. The van der Waals surface area contributed by atoms with Gasteiger partial charge < -0.3 is 79.2 Å². The van der Waals surface area contributed by atoms with E-state index in [-0.39, 0.29) is 28.4 Å². The standard InChI is InChI=1S/C28H32O17/c1-40-13-4-9(2-3-12(13)42-27-23(38)21(36)18(33)15(7-29)43-27)25-26(20(35)17-11(32)5-10(31)6-14(17)41-25)45-28-24(39)22(37)19(34)16(8-30)44-28/h2-6,15-16,18-19,21-24,27-34,36-39H,7-8H2,1H3/t15-,16-,18-,19-,21-,22-,23+,24+,27-,28-/m0/s1. The van der Waals surface area contributed by atoms with Crippen LogP contribution in [0.15, 0.2) is 39.5 Å². The van der Waals surface area contributed by atoms with Gasteiger partial charge in [-0.05, 0) is 18.2 Å². The van der Waals surface area contributed by atoms with Crippen LogP contribution < -0.4 is 19.6 Å². The Bertz CT molecular complexity index is 1570. The molecule has 10 atom stereocenters. The van der Waals surface area contributed by atoms with Crippen molar-refractivity contribution in [1.29, 1.82) is 0 Å². The molecule has 3 aromatic rings. The van der Waals surface area contributed by atoms with Gasteiger partial charge in [0.25, 0.3) is 0 Å². The van der Waals surface area contributed by atoms with Crippen molar-refractivity contribution in [2.24, 2.45) is 0 Å². The SMILES string of the molecule is COc1cc(-c2oc3cc(O)cc(O)c3c(=O)c2O[C@@H]2O[C@@H](CO)[C@H](O)[C@H](O)[C@H]2O)ccc1O[C@H]1O[C@@H](CO)[C@H](O)[C@H](O)[C@H]1O. The van der Waals surface area contributed by atoms with Crippen molar-refractivity contribution in [3.8, 4) is 40.1 Å². The van der Waals surface area contributed by atoms with Crippen LogP contribution in [0.5, 0.6) is 28.7 Å². The van der Waals surface area contributed by atoms with E-state index < -0.39 is 103 Å². The fourth-order valence-corrected chi connectivity index (χ4v) is 5.04. The Morgan fingerprint density at radius 3 is 1.87 bits per heavy atom. The van der Waals surface area contributed by atoms with Crippen molar-refractivity contribution in [1.82, 2.24) is 0 Å². The zero-order chi connectivity index (χ0) is 32.7. The molecule has 2 aliphatic heterocycles. The van der Waals surface area contributed by atoms with Crippen molar-refractivity contribution in [3.63, 3.8) is 0 Å². The smallest absolute Gasteiger partial charge is 0.239 e. The van der Waals surface area contributed by atoms with E-state index in [0.717, 1.165) is 12.1 Å². The average Bonchev–Trinajstić information content (AvgIpc) is 3.02. The molecule has 10 N–H and O–H groups in total. The van der Waals surface area contributed by atoms with Gasteiger partial charge in [-0.15, -0.1) is 0 Å². The Balaban J connectivity index is 1.58. The van der Waals surface area contributed by atoms with Crippen LogP contribution in [-0.4, -0.2) is 133 Å². The molecule has 2 fully saturated rings. The lowest BCUT2D eigenvalue weighted by Gasteiger charge is -2.39. The molecule has 17 heteroatoms. The van der Waals surface area contributed by atoms with Crippen molar-refractivity contribution in [2.45, 2.75) is 61.4 Å². The Hall–Kier alpha value is -3.75. The lowest BCUT2D eigenvalue weighted by atomic mass is 9.99. The molecule has 45 heavy (non-hydrogen) atoms. The van der Waals surface area contributed by atoms with E-state index in [0.29, 0.717) is 0 Å². The topological polar surface area (TPSA) is 279 Å².